The van der Waals surface area contributed by atoms with E-state index in [1.54, 1.807) is 6.92 Å². The van der Waals surface area contributed by atoms with Crippen LogP contribution in [-0.4, -0.2) is 29.6 Å². The fraction of sp³-hybridized carbons (Fsp3) is 0.867. The highest BCUT2D eigenvalue weighted by Crippen LogP contribution is 2.62. The van der Waals surface area contributed by atoms with Crippen LogP contribution >= 0.6 is 0 Å². The lowest BCUT2D eigenvalue weighted by atomic mass is 9.56. The van der Waals surface area contributed by atoms with Gasteiger partial charge in [-0.1, -0.05) is 27.7 Å². The van der Waals surface area contributed by atoms with E-state index in [-0.39, 0.29) is 29.2 Å². The first-order chi connectivity index (χ1) is 8.32. The van der Waals surface area contributed by atoms with Crippen molar-refractivity contribution in [1.82, 2.24) is 0 Å². The zero-order valence-corrected chi connectivity index (χ0v) is 13.3. The predicted molar refractivity (Wildman–Crippen MR) is 72.8 cm³/mol. The van der Waals surface area contributed by atoms with Crippen LogP contribution in [0, 0.1) is 10.8 Å². The monoisotopic (exact) mass is 270 g/mol. The highest BCUT2D eigenvalue weighted by atomic mass is 16.6. The molecule has 1 heterocycles. The number of hydrogen-bond acceptors (Lipinski definition) is 4. The first-order valence-electron chi connectivity index (χ1n) is 6.66. The van der Waals surface area contributed by atoms with E-state index in [9.17, 15) is 9.59 Å². The lowest BCUT2D eigenvalue weighted by Crippen LogP contribution is -2.50. The van der Waals surface area contributed by atoms with Crippen LogP contribution in [-0.2, 0) is 19.1 Å². The van der Waals surface area contributed by atoms with E-state index in [0.29, 0.717) is 0 Å². The Balaban J connectivity index is 3.25. The minimum Gasteiger partial charge on any atom is -0.463 e. The summed E-state index contributed by atoms with van der Waals surface area (Å²) in [6, 6.07) is 0. The summed E-state index contributed by atoms with van der Waals surface area (Å²) in [5.74, 6) is -0.341. The Hall–Kier alpha value is -0.900. The molecule has 2 unspecified atom stereocenters. The van der Waals surface area contributed by atoms with Gasteiger partial charge in [-0.2, -0.15) is 0 Å². The molecule has 0 aliphatic carbocycles. The third-order valence-electron chi connectivity index (χ3n) is 5.73. The Bertz CT molecular complexity index is 410. The largest absolute Gasteiger partial charge is 0.463 e. The zero-order chi connectivity index (χ0) is 15.3. The van der Waals surface area contributed by atoms with Gasteiger partial charge in [0.25, 0.3) is 0 Å². The Morgan fingerprint density at radius 3 is 1.74 bits per heavy atom. The van der Waals surface area contributed by atoms with E-state index in [0.717, 1.165) is 0 Å². The molecule has 1 fully saturated rings. The molecule has 0 saturated carbocycles. The number of esters is 1. The van der Waals surface area contributed by atoms with Gasteiger partial charge in [-0.3, -0.25) is 9.59 Å². The molecule has 0 bridgehead atoms. The van der Waals surface area contributed by atoms with Crippen molar-refractivity contribution in [3.63, 3.8) is 0 Å². The molecule has 4 nitrogen and oxygen atoms in total. The Morgan fingerprint density at radius 2 is 1.42 bits per heavy atom. The number of ether oxygens (including phenoxy) is 2. The molecule has 1 aliphatic heterocycles. The van der Waals surface area contributed by atoms with Crippen molar-refractivity contribution >= 4 is 11.8 Å². The van der Waals surface area contributed by atoms with Gasteiger partial charge < -0.3 is 9.47 Å². The quantitative estimate of drug-likeness (QED) is 0.740. The topological polar surface area (TPSA) is 52.6 Å². The first-order valence-corrected chi connectivity index (χ1v) is 6.66. The van der Waals surface area contributed by atoms with E-state index < -0.39 is 11.2 Å². The first kappa shape index (κ1) is 16.2. The number of ketones is 1. The van der Waals surface area contributed by atoms with Crippen LogP contribution in [0.5, 0.6) is 0 Å². The summed E-state index contributed by atoms with van der Waals surface area (Å²) in [6.45, 7) is 15.0. The second-order valence-electron chi connectivity index (χ2n) is 6.95. The zero-order valence-electron chi connectivity index (χ0n) is 13.3. The molecule has 110 valence electrons. The average molecular weight is 270 g/mol. The number of rotatable bonds is 3. The van der Waals surface area contributed by atoms with Crippen molar-refractivity contribution in [2.75, 3.05) is 6.61 Å². The van der Waals surface area contributed by atoms with Gasteiger partial charge in [0.05, 0.1) is 0 Å². The molecule has 0 N–H and O–H groups in total. The molecule has 19 heavy (non-hydrogen) atoms. The van der Waals surface area contributed by atoms with Gasteiger partial charge in [0.1, 0.15) is 17.8 Å². The van der Waals surface area contributed by atoms with Gasteiger partial charge in [-0.05, 0) is 20.8 Å². The van der Waals surface area contributed by atoms with Crippen LogP contribution in [0.1, 0.15) is 55.4 Å². The fourth-order valence-electron chi connectivity index (χ4n) is 2.92. The van der Waals surface area contributed by atoms with E-state index in [1.165, 1.54) is 6.92 Å². The summed E-state index contributed by atoms with van der Waals surface area (Å²) in [5, 5.41) is 0. The summed E-state index contributed by atoms with van der Waals surface area (Å²) in [5.41, 5.74) is -2.27. The smallest absolute Gasteiger partial charge is 0.302 e. The van der Waals surface area contributed by atoms with E-state index in [1.807, 2.05) is 27.7 Å². The Kier molecular flexibility index (Phi) is 3.66. The molecular formula is C15H26O4. The third-order valence-corrected chi connectivity index (χ3v) is 5.73. The highest BCUT2D eigenvalue weighted by Gasteiger charge is 2.69. The molecule has 0 aromatic rings. The number of hydrogen-bond donors (Lipinski definition) is 0. The average Bonchev–Trinajstić information content (AvgIpc) is 2.34. The molecule has 0 radical (unpaired) electrons. The molecule has 0 amide bonds. The molecule has 2 atom stereocenters. The second-order valence-corrected chi connectivity index (χ2v) is 6.95. The standard InChI is InChI=1S/C15H26O4/c1-10(16)15(8)13(5,6)12(3,4)14(7,19-15)9-18-11(2)17/h9H2,1-8H3. The van der Waals surface area contributed by atoms with Gasteiger partial charge >= 0.3 is 5.97 Å². The molecule has 1 rings (SSSR count). The summed E-state index contributed by atoms with van der Waals surface area (Å²) < 4.78 is 11.3. The Labute approximate surface area is 115 Å². The second kappa shape index (κ2) is 4.30. The van der Waals surface area contributed by atoms with Gasteiger partial charge in [0, 0.05) is 17.8 Å². The third kappa shape index (κ3) is 2.00. The lowest BCUT2D eigenvalue weighted by Gasteiger charge is -2.44. The number of carbonyl (C=O) groups excluding carboxylic acids is 2. The summed E-state index contributed by atoms with van der Waals surface area (Å²) in [6.07, 6.45) is 0. The van der Waals surface area contributed by atoms with E-state index in [2.05, 4.69) is 13.8 Å². The minimum atomic E-state index is -0.884. The highest BCUT2D eigenvalue weighted by molar-refractivity contribution is 5.86. The SMILES string of the molecule is CC(=O)OCC1(C)OC(C)(C(C)=O)C(C)(C)C1(C)C. The molecule has 0 aromatic heterocycles. The maximum Gasteiger partial charge on any atom is 0.302 e. The van der Waals surface area contributed by atoms with Crippen molar-refractivity contribution in [3.8, 4) is 0 Å². The van der Waals surface area contributed by atoms with Gasteiger partial charge in [0.2, 0.25) is 0 Å². The summed E-state index contributed by atoms with van der Waals surface area (Å²) in [4.78, 5) is 23.1. The fourth-order valence-corrected chi connectivity index (χ4v) is 2.92. The normalized spacial score (nSPS) is 36.0. The van der Waals surface area contributed by atoms with Crippen molar-refractivity contribution in [3.05, 3.63) is 0 Å². The minimum absolute atomic E-state index is 0.00266. The molecular weight excluding hydrogens is 244 g/mol. The van der Waals surface area contributed by atoms with Crippen LogP contribution in [0.4, 0.5) is 0 Å². The van der Waals surface area contributed by atoms with E-state index in [4.69, 9.17) is 9.47 Å². The molecule has 1 saturated heterocycles. The number of Topliss-reactive ketones (excluding diaryl/α,β-unsaturated/α-hetero) is 1. The van der Waals surface area contributed by atoms with Gasteiger partial charge in [-0.25, -0.2) is 0 Å². The van der Waals surface area contributed by atoms with Crippen molar-refractivity contribution < 1.29 is 19.1 Å². The van der Waals surface area contributed by atoms with Crippen LogP contribution in [0.3, 0.4) is 0 Å². The van der Waals surface area contributed by atoms with Gasteiger partial charge in [-0.15, -0.1) is 0 Å². The van der Waals surface area contributed by atoms with Crippen molar-refractivity contribution in [1.29, 1.82) is 0 Å². The van der Waals surface area contributed by atoms with Crippen molar-refractivity contribution in [2.45, 2.75) is 66.6 Å². The number of carbonyl (C=O) groups is 2. The van der Waals surface area contributed by atoms with Crippen LogP contribution in [0.15, 0.2) is 0 Å². The maximum absolute atomic E-state index is 12.1. The van der Waals surface area contributed by atoms with Crippen LogP contribution in [0.2, 0.25) is 0 Å². The van der Waals surface area contributed by atoms with Gasteiger partial charge in [0.15, 0.2) is 5.78 Å². The molecule has 0 spiro atoms. The Morgan fingerprint density at radius 1 is 0.947 bits per heavy atom. The van der Waals surface area contributed by atoms with Crippen LogP contribution in [0.25, 0.3) is 0 Å². The predicted octanol–water partition coefficient (Wildman–Crippen LogP) is 2.74. The van der Waals surface area contributed by atoms with Crippen molar-refractivity contribution in [2.24, 2.45) is 10.8 Å². The summed E-state index contributed by atoms with van der Waals surface area (Å²) in [7, 11) is 0. The molecule has 4 heteroatoms. The molecule has 0 aromatic carbocycles. The summed E-state index contributed by atoms with van der Waals surface area (Å²) >= 11 is 0. The van der Waals surface area contributed by atoms with Crippen LogP contribution < -0.4 is 0 Å². The maximum atomic E-state index is 12.1. The lowest BCUT2D eigenvalue weighted by molar-refractivity contribution is -0.171. The van der Waals surface area contributed by atoms with E-state index >= 15 is 0 Å². The molecule has 1 aliphatic rings.